The minimum atomic E-state index is 0.191. The molecule has 20 heavy (non-hydrogen) atoms. The van der Waals surface area contributed by atoms with E-state index in [-0.39, 0.29) is 12.1 Å². The van der Waals surface area contributed by atoms with E-state index in [0.717, 1.165) is 48.2 Å². The van der Waals surface area contributed by atoms with E-state index in [0.29, 0.717) is 0 Å². The van der Waals surface area contributed by atoms with Crippen molar-refractivity contribution in [3.8, 4) is 0 Å². The van der Waals surface area contributed by atoms with Crippen molar-refractivity contribution in [2.24, 2.45) is 0 Å². The Balaban J connectivity index is 1.55. The molecule has 3 rings (SSSR count). The van der Waals surface area contributed by atoms with Crippen molar-refractivity contribution >= 4 is 11.3 Å². The summed E-state index contributed by atoms with van der Waals surface area (Å²) in [5.74, 6) is 1.92. The van der Waals surface area contributed by atoms with Crippen molar-refractivity contribution < 1.29 is 9.15 Å². The van der Waals surface area contributed by atoms with Gasteiger partial charge in [0, 0.05) is 18.5 Å². The first-order valence-electron chi connectivity index (χ1n) is 7.08. The Kier molecular flexibility index (Phi) is 4.19. The number of thiazole rings is 1. The van der Waals surface area contributed by atoms with E-state index in [9.17, 15) is 0 Å². The third kappa shape index (κ3) is 3.11. The molecule has 0 spiro atoms. The van der Waals surface area contributed by atoms with Crippen LogP contribution in [0.5, 0.6) is 0 Å². The zero-order chi connectivity index (χ0) is 13.9. The van der Waals surface area contributed by atoms with Gasteiger partial charge in [0.15, 0.2) is 0 Å². The van der Waals surface area contributed by atoms with Crippen LogP contribution in [0.15, 0.2) is 21.9 Å². The summed E-state index contributed by atoms with van der Waals surface area (Å²) in [4.78, 5) is 4.66. The summed E-state index contributed by atoms with van der Waals surface area (Å²) in [5.41, 5.74) is 1.08. The van der Waals surface area contributed by atoms with Gasteiger partial charge in [-0.2, -0.15) is 0 Å². The molecule has 0 radical (unpaired) electrons. The maximum atomic E-state index is 5.66. The number of nitrogens with zero attached hydrogens (tertiary/aromatic N) is 1. The molecular formula is C15H20N2O2S. The molecule has 3 heterocycles. The van der Waals surface area contributed by atoms with E-state index >= 15 is 0 Å². The maximum absolute atomic E-state index is 5.66. The number of rotatable bonds is 5. The van der Waals surface area contributed by atoms with Gasteiger partial charge in [-0.05, 0) is 38.8 Å². The summed E-state index contributed by atoms with van der Waals surface area (Å²) in [7, 11) is 0. The Hall–Kier alpha value is -1.17. The molecule has 2 aromatic rings. The second-order valence-corrected chi connectivity index (χ2v) is 6.12. The molecule has 1 aliphatic rings. The third-order valence-corrected chi connectivity index (χ3v) is 4.54. The zero-order valence-electron chi connectivity index (χ0n) is 11.9. The Morgan fingerprint density at radius 1 is 1.50 bits per heavy atom. The third-order valence-electron chi connectivity index (χ3n) is 3.55. The number of nitrogens with one attached hydrogen (secondary N) is 1. The molecule has 2 aromatic heterocycles. The minimum absolute atomic E-state index is 0.191. The van der Waals surface area contributed by atoms with Crippen LogP contribution >= 0.6 is 11.3 Å². The van der Waals surface area contributed by atoms with Crippen molar-refractivity contribution in [1.82, 2.24) is 10.3 Å². The number of hydrogen-bond acceptors (Lipinski definition) is 5. The number of ether oxygens (including phenoxy) is 1. The number of furan rings is 1. The van der Waals surface area contributed by atoms with Gasteiger partial charge in [-0.25, -0.2) is 4.98 Å². The Morgan fingerprint density at radius 3 is 3.10 bits per heavy atom. The quantitative estimate of drug-likeness (QED) is 0.912. The monoisotopic (exact) mass is 292 g/mol. The smallest absolute Gasteiger partial charge is 0.122 e. The molecule has 0 unspecified atom stereocenters. The summed E-state index contributed by atoms with van der Waals surface area (Å²) in [5, 5.41) is 6.67. The highest BCUT2D eigenvalue weighted by Crippen LogP contribution is 2.30. The lowest BCUT2D eigenvalue weighted by atomic mass is 10.2. The molecule has 0 saturated carbocycles. The van der Waals surface area contributed by atoms with Crippen LogP contribution in [0.4, 0.5) is 0 Å². The van der Waals surface area contributed by atoms with Gasteiger partial charge >= 0.3 is 0 Å². The molecule has 0 aliphatic carbocycles. The number of aryl methyl sites for hydroxylation is 1. The van der Waals surface area contributed by atoms with Crippen LogP contribution in [0.2, 0.25) is 0 Å². The van der Waals surface area contributed by atoms with Crippen LogP contribution in [0.3, 0.4) is 0 Å². The van der Waals surface area contributed by atoms with Gasteiger partial charge in [-0.1, -0.05) is 0 Å². The van der Waals surface area contributed by atoms with Gasteiger partial charge in [0.05, 0.1) is 11.7 Å². The van der Waals surface area contributed by atoms with Crippen LogP contribution < -0.4 is 5.32 Å². The van der Waals surface area contributed by atoms with Gasteiger partial charge in [0.25, 0.3) is 0 Å². The van der Waals surface area contributed by atoms with Crippen LogP contribution in [0, 0.1) is 6.92 Å². The largest absolute Gasteiger partial charge is 0.465 e. The normalized spacial score (nSPS) is 20.4. The first kappa shape index (κ1) is 13.8. The highest BCUT2D eigenvalue weighted by molar-refractivity contribution is 7.09. The van der Waals surface area contributed by atoms with E-state index in [1.165, 1.54) is 0 Å². The van der Waals surface area contributed by atoms with Gasteiger partial charge < -0.3 is 14.5 Å². The lowest BCUT2D eigenvalue weighted by Gasteiger charge is -2.10. The summed E-state index contributed by atoms with van der Waals surface area (Å²) in [6, 6.07) is 4.20. The molecule has 5 heteroatoms. The zero-order valence-corrected chi connectivity index (χ0v) is 12.7. The van der Waals surface area contributed by atoms with Crippen molar-refractivity contribution in [3.05, 3.63) is 39.7 Å². The average molecular weight is 292 g/mol. The van der Waals surface area contributed by atoms with Gasteiger partial charge in [0.1, 0.15) is 22.6 Å². The standard InChI is InChI=1S/C15H20N2O2S/c1-10-5-6-13(19-10)11(2)16-8-12-9-20-15(17-12)14-4-3-7-18-14/h5-6,9,11,14,16H,3-4,7-8H2,1-2H3/t11-,14+/m1/s1. The second kappa shape index (κ2) is 6.08. The van der Waals surface area contributed by atoms with E-state index in [4.69, 9.17) is 9.15 Å². The summed E-state index contributed by atoms with van der Waals surface area (Å²) >= 11 is 1.70. The first-order valence-corrected chi connectivity index (χ1v) is 7.96. The van der Waals surface area contributed by atoms with Crippen LogP contribution in [0.1, 0.15) is 54.1 Å². The molecule has 2 atom stereocenters. The Bertz CT molecular complexity index is 558. The fraction of sp³-hybridized carbons (Fsp3) is 0.533. The summed E-state index contributed by atoms with van der Waals surface area (Å²) < 4.78 is 11.3. The molecule has 108 valence electrons. The minimum Gasteiger partial charge on any atom is -0.465 e. The SMILES string of the molecule is Cc1ccc([C@@H](C)NCc2csc([C@@H]3CCCO3)n2)o1. The van der Waals surface area contributed by atoms with Crippen LogP contribution in [0.25, 0.3) is 0 Å². The fourth-order valence-electron chi connectivity index (χ4n) is 2.37. The van der Waals surface area contributed by atoms with E-state index in [1.807, 2.05) is 19.1 Å². The molecule has 0 aromatic carbocycles. The summed E-state index contributed by atoms with van der Waals surface area (Å²) in [6.45, 7) is 5.69. The first-order chi connectivity index (χ1) is 9.72. The highest BCUT2D eigenvalue weighted by atomic mass is 32.1. The molecule has 1 saturated heterocycles. The van der Waals surface area contributed by atoms with E-state index in [1.54, 1.807) is 11.3 Å². The van der Waals surface area contributed by atoms with Gasteiger partial charge in [0.2, 0.25) is 0 Å². The Morgan fingerprint density at radius 2 is 2.40 bits per heavy atom. The van der Waals surface area contributed by atoms with Crippen molar-refractivity contribution in [2.45, 2.75) is 45.4 Å². The molecule has 4 nitrogen and oxygen atoms in total. The number of hydrogen-bond donors (Lipinski definition) is 1. The number of aromatic nitrogens is 1. The van der Waals surface area contributed by atoms with Crippen molar-refractivity contribution in [2.75, 3.05) is 6.61 Å². The molecule has 1 aliphatic heterocycles. The average Bonchev–Trinajstić information content (AvgIpc) is 3.16. The topological polar surface area (TPSA) is 47.3 Å². The second-order valence-electron chi connectivity index (χ2n) is 5.23. The van der Waals surface area contributed by atoms with Gasteiger partial charge in [-0.15, -0.1) is 11.3 Å². The Labute approximate surface area is 123 Å². The lowest BCUT2D eigenvalue weighted by molar-refractivity contribution is 0.111. The molecule has 0 amide bonds. The van der Waals surface area contributed by atoms with Crippen LogP contribution in [-0.4, -0.2) is 11.6 Å². The molecule has 1 fully saturated rings. The molecule has 1 N–H and O–H groups in total. The predicted octanol–water partition coefficient (Wildman–Crippen LogP) is 3.75. The lowest BCUT2D eigenvalue weighted by Crippen LogP contribution is -2.17. The molecular weight excluding hydrogens is 272 g/mol. The van der Waals surface area contributed by atoms with Crippen molar-refractivity contribution in [1.29, 1.82) is 0 Å². The summed E-state index contributed by atoms with van der Waals surface area (Å²) in [6.07, 6.45) is 2.47. The maximum Gasteiger partial charge on any atom is 0.122 e. The molecule has 0 bridgehead atoms. The van der Waals surface area contributed by atoms with E-state index < -0.39 is 0 Å². The van der Waals surface area contributed by atoms with E-state index in [2.05, 4.69) is 22.6 Å². The van der Waals surface area contributed by atoms with Crippen LogP contribution in [-0.2, 0) is 11.3 Å². The highest BCUT2D eigenvalue weighted by Gasteiger charge is 2.21. The van der Waals surface area contributed by atoms with Gasteiger partial charge in [-0.3, -0.25) is 0 Å². The fourth-order valence-corrected chi connectivity index (χ4v) is 3.27. The predicted molar refractivity (Wildman–Crippen MR) is 78.7 cm³/mol. The van der Waals surface area contributed by atoms with Crippen molar-refractivity contribution in [3.63, 3.8) is 0 Å².